The van der Waals surface area contributed by atoms with Gasteiger partial charge in [0.15, 0.2) is 0 Å². The first-order valence-electron chi connectivity index (χ1n) is 18.8. The predicted molar refractivity (Wildman–Crippen MR) is 223 cm³/mol. The number of allylic oxidation sites excluding steroid dienone is 2. The Bertz CT molecular complexity index is 2000. The van der Waals surface area contributed by atoms with E-state index < -0.39 is 21.5 Å². The van der Waals surface area contributed by atoms with Gasteiger partial charge in [-0.15, -0.1) is 0 Å². The molecule has 0 heterocycles. The third-order valence-corrected chi connectivity index (χ3v) is 63.9. The van der Waals surface area contributed by atoms with Crippen molar-refractivity contribution in [3.63, 3.8) is 0 Å². The van der Waals surface area contributed by atoms with Crippen LogP contribution in [0.5, 0.6) is 0 Å². The molecule has 0 fully saturated rings. The molecule has 0 saturated carbocycles. The second-order valence-electron chi connectivity index (χ2n) is 17.9. The third-order valence-electron chi connectivity index (χ3n) is 12.0. The molecule has 2 aliphatic rings. The van der Waals surface area contributed by atoms with Gasteiger partial charge in [0.2, 0.25) is 0 Å². The molecule has 2 atom stereocenters. The number of hydrogen-bond acceptors (Lipinski definition) is 0. The van der Waals surface area contributed by atoms with Gasteiger partial charge in [0.25, 0.3) is 0 Å². The van der Waals surface area contributed by atoms with Crippen molar-refractivity contribution in [1.29, 1.82) is 0 Å². The monoisotopic (exact) mass is 797 g/mol. The molecule has 50 heavy (non-hydrogen) atoms. The molecule has 0 N–H and O–H groups in total. The first kappa shape index (κ1) is 37.8. The molecule has 0 radical (unpaired) electrons. The van der Waals surface area contributed by atoms with E-state index in [4.69, 9.17) is 17.0 Å². The Labute approximate surface area is 312 Å². The summed E-state index contributed by atoms with van der Waals surface area (Å²) in [6, 6.07) is 30.1. The summed E-state index contributed by atoms with van der Waals surface area (Å²) in [5.41, 5.74) is 17.7. The van der Waals surface area contributed by atoms with Gasteiger partial charge in [0.1, 0.15) is 0 Å². The molecule has 0 nitrogen and oxygen atoms in total. The summed E-state index contributed by atoms with van der Waals surface area (Å²) in [4.78, 5) is 0. The van der Waals surface area contributed by atoms with Crippen LogP contribution in [0.4, 0.5) is 0 Å². The van der Waals surface area contributed by atoms with E-state index in [1.54, 1.807) is 0 Å². The van der Waals surface area contributed by atoms with E-state index in [2.05, 4.69) is 173 Å². The average Bonchev–Trinajstić information content (AvgIpc) is 3.63. The molecule has 4 heteroatoms. The summed E-state index contributed by atoms with van der Waals surface area (Å²) in [6.45, 7) is 27.9. The molecular formula is C46H57Cl2SiZr. The van der Waals surface area contributed by atoms with Gasteiger partial charge in [-0.05, 0) is 0 Å². The van der Waals surface area contributed by atoms with E-state index in [9.17, 15) is 0 Å². The number of hydrogen-bond donors (Lipinski definition) is 0. The Hall–Kier alpha value is -1.96. The zero-order valence-corrected chi connectivity index (χ0v) is 37.6. The summed E-state index contributed by atoms with van der Waals surface area (Å²) in [7, 11) is 17.5. The first-order valence-corrected chi connectivity index (χ1v) is 35.1. The Morgan fingerprint density at radius 2 is 1.20 bits per heavy atom. The van der Waals surface area contributed by atoms with Gasteiger partial charge in [0, 0.05) is 0 Å². The van der Waals surface area contributed by atoms with Crippen LogP contribution in [0.25, 0.3) is 34.4 Å². The van der Waals surface area contributed by atoms with E-state index in [0.717, 1.165) is 6.42 Å². The summed E-state index contributed by atoms with van der Waals surface area (Å²) in [5, 5.41) is 0. The van der Waals surface area contributed by atoms with Crippen molar-refractivity contribution in [1.82, 2.24) is 0 Å². The van der Waals surface area contributed by atoms with Crippen molar-refractivity contribution in [2.45, 2.75) is 107 Å². The number of benzene rings is 4. The molecular weight excluding hydrogens is 743 g/mol. The molecule has 4 aromatic carbocycles. The van der Waals surface area contributed by atoms with Crippen molar-refractivity contribution in [3.05, 3.63) is 129 Å². The van der Waals surface area contributed by atoms with Crippen LogP contribution in [0.3, 0.4) is 0 Å². The summed E-state index contributed by atoms with van der Waals surface area (Å²) in [6.07, 6.45) is 5.92. The second-order valence-corrected chi connectivity index (χ2v) is 60.4. The summed E-state index contributed by atoms with van der Waals surface area (Å²) < 4.78 is 0.159. The number of rotatable bonds is 7. The van der Waals surface area contributed by atoms with Gasteiger partial charge in [-0.3, -0.25) is 0 Å². The third kappa shape index (κ3) is 6.17. The van der Waals surface area contributed by atoms with Gasteiger partial charge in [-0.25, -0.2) is 0 Å². The molecule has 2 aliphatic carbocycles. The van der Waals surface area contributed by atoms with Gasteiger partial charge in [-0.2, -0.15) is 0 Å². The van der Waals surface area contributed by atoms with Crippen LogP contribution in [-0.2, 0) is 32.8 Å². The Kier molecular flexibility index (Phi) is 9.95. The maximum absolute atomic E-state index is 8.75. The molecule has 6 rings (SSSR count). The van der Waals surface area contributed by atoms with Gasteiger partial charge >= 0.3 is 315 Å². The van der Waals surface area contributed by atoms with E-state index >= 15 is 0 Å². The molecule has 0 bridgehead atoms. The maximum atomic E-state index is 8.75. The van der Waals surface area contributed by atoms with Crippen molar-refractivity contribution < 1.29 is 15.6 Å². The van der Waals surface area contributed by atoms with E-state index in [-0.39, 0.29) is 18.1 Å². The second kappa shape index (κ2) is 13.2. The predicted octanol–water partition coefficient (Wildman–Crippen LogP) is 14.4. The molecule has 0 amide bonds. The zero-order chi connectivity index (χ0) is 36.6. The number of fused-ring (bicyclic) bond motifs is 2. The van der Waals surface area contributed by atoms with Crippen molar-refractivity contribution >= 4 is 35.1 Å². The first-order chi connectivity index (χ1) is 23.3. The number of halogens is 2. The summed E-state index contributed by atoms with van der Waals surface area (Å²) in [5.74, 6) is -1.32. The molecule has 0 aromatic heterocycles. The van der Waals surface area contributed by atoms with Crippen LogP contribution in [0.15, 0.2) is 90.0 Å². The number of aryl methyl sites for hydroxylation is 1. The fourth-order valence-electron chi connectivity index (χ4n) is 8.91. The van der Waals surface area contributed by atoms with Crippen LogP contribution in [0.2, 0.25) is 13.1 Å². The van der Waals surface area contributed by atoms with Crippen LogP contribution >= 0.6 is 17.0 Å². The zero-order valence-electron chi connectivity index (χ0n) is 32.4. The van der Waals surface area contributed by atoms with Crippen LogP contribution in [0, 0.1) is 5.92 Å². The molecule has 263 valence electrons. The Morgan fingerprint density at radius 1 is 0.680 bits per heavy atom. The molecule has 0 spiro atoms. The van der Waals surface area contributed by atoms with Gasteiger partial charge in [0.05, 0.1) is 0 Å². The minimum absolute atomic E-state index is 0.0777. The van der Waals surface area contributed by atoms with E-state index in [0.29, 0.717) is 5.92 Å². The van der Waals surface area contributed by atoms with Crippen LogP contribution < -0.4 is 0 Å². The Balaban J connectivity index is 1.56. The summed E-state index contributed by atoms with van der Waals surface area (Å²) >= 11 is -4.89. The van der Waals surface area contributed by atoms with Crippen molar-refractivity contribution in [3.8, 4) is 22.3 Å². The Morgan fingerprint density at radius 3 is 1.66 bits per heavy atom. The molecule has 2 unspecified atom stereocenters. The minimum atomic E-state index is -4.89. The van der Waals surface area contributed by atoms with E-state index in [1.807, 2.05) is 0 Å². The van der Waals surface area contributed by atoms with Crippen LogP contribution in [0.1, 0.15) is 115 Å². The average molecular weight is 800 g/mol. The van der Waals surface area contributed by atoms with Gasteiger partial charge in [-0.1, -0.05) is 0 Å². The van der Waals surface area contributed by atoms with Gasteiger partial charge < -0.3 is 0 Å². The molecule has 0 saturated heterocycles. The van der Waals surface area contributed by atoms with E-state index in [1.165, 1.54) is 72.3 Å². The normalized spacial score (nSPS) is 18.5. The fraction of sp³-hybridized carbons (Fsp3) is 0.391. The fourth-order valence-corrected chi connectivity index (χ4v) is 41.1. The topological polar surface area (TPSA) is 0 Å². The van der Waals surface area contributed by atoms with Crippen molar-refractivity contribution in [2.75, 3.05) is 0 Å². The standard InChI is InChI=1S/2C22H25.C2H7Si.2ClH.Zr/c1-15(2)18-13-17-7-6-8-20(21(17)14-18)16-9-11-19(12-10-16)22(3,4)5;1-6-16-9-12-19(21-14-15(2)13-20(16)21)17-7-10-18(11-8-17)22(3,4)5;1-3-2;;;/h6-15H,1-5H3;7-14H,6H2,1-5H3;3H,1-2H3;2*1H;/q;;;;;+2/p-2. The SMILES string of the molecule is CCc1ccc(-c2ccc(C(C)(C)C)cc2)c2c1[CH]([Zr]([Cl])([Cl])([CH]1C(C(C)C)=Cc3c(-c4ccc(C(C)(C)C)cc4)cccc31)[SiH](C)C)C(C)=C2. The van der Waals surface area contributed by atoms with Crippen molar-refractivity contribution in [2.24, 2.45) is 5.92 Å². The molecule has 0 aliphatic heterocycles. The quantitative estimate of drug-likeness (QED) is 0.163. The molecule has 4 aromatic rings. The van der Waals surface area contributed by atoms with Crippen LogP contribution in [-0.4, -0.2) is 5.92 Å².